The molecule has 0 aliphatic carbocycles. The van der Waals surface area contributed by atoms with Crippen LogP contribution in [0.15, 0.2) is 70.8 Å². The fraction of sp³-hybridized carbons (Fsp3) is 0.375. The topological polar surface area (TPSA) is 78.9 Å². The molecule has 0 N–H and O–H groups in total. The zero-order valence-electron chi connectivity index (χ0n) is 17.8. The van der Waals surface area contributed by atoms with Gasteiger partial charge in [-0.1, -0.05) is 48.0 Å². The zero-order valence-corrected chi connectivity index (χ0v) is 18.6. The molecular weight excluding hydrogens is 416 g/mol. The van der Waals surface area contributed by atoms with Gasteiger partial charge in [-0.15, -0.1) is 0 Å². The van der Waals surface area contributed by atoms with Gasteiger partial charge < -0.3 is 14.2 Å². The van der Waals surface area contributed by atoms with E-state index in [0.29, 0.717) is 17.9 Å². The van der Waals surface area contributed by atoms with E-state index in [2.05, 4.69) is 0 Å². The molecule has 0 saturated carbocycles. The molecule has 31 heavy (non-hydrogen) atoms. The summed E-state index contributed by atoms with van der Waals surface area (Å²) in [6, 6.07) is 16.4. The third kappa shape index (κ3) is 4.18. The van der Waals surface area contributed by atoms with E-state index < -0.39 is 33.4 Å². The summed E-state index contributed by atoms with van der Waals surface area (Å²) in [7, 11) is -3.82. The quantitative estimate of drug-likeness (QED) is 0.652. The van der Waals surface area contributed by atoms with Gasteiger partial charge in [-0.3, -0.25) is 4.79 Å². The standard InChI is InChI=1S/C24H26O6S/c1-15-9-11-19(12-10-15)31(26,27)23-20(14-28-13-18-7-5-4-6-8-18)30-24-22(23)21(16(2)25)17(3)29-24/h4-12,20,22-24H,13-14H2,1-3H3/t20-,22-,23+,24+/m1/s1. The molecule has 4 rings (SSSR count). The minimum Gasteiger partial charge on any atom is -0.468 e. The minimum absolute atomic E-state index is 0.0746. The number of Topliss-reactive ketones (excluding diaryl/α,β-unsaturated/α-hetero) is 1. The van der Waals surface area contributed by atoms with E-state index in [9.17, 15) is 13.2 Å². The summed E-state index contributed by atoms with van der Waals surface area (Å²) in [6.45, 7) is 5.41. The molecule has 0 bridgehead atoms. The third-order valence-corrected chi connectivity index (χ3v) is 8.05. The fourth-order valence-electron chi connectivity index (χ4n) is 4.36. The molecule has 0 amide bonds. The Balaban J connectivity index is 1.64. The number of hydrogen-bond acceptors (Lipinski definition) is 6. The number of ether oxygens (including phenoxy) is 3. The number of allylic oxidation sites excluding steroid dienone is 1. The molecule has 2 aromatic carbocycles. The summed E-state index contributed by atoms with van der Waals surface area (Å²) in [5, 5.41) is -0.979. The van der Waals surface area contributed by atoms with Crippen LogP contribution in [-0.4, -0.2) is 38.5 Å². The van der Waals surface area contributed by atoms with Gasteiger partial charge in [-0.25, -0.2) is 8.42 Å². The van der Waals surface area contributed by atoms with Crippen molar-refractivity contribution in [2.75, 3.05) is 6.61 Å². The first-order chi connectivity index (χ1) is 14.8. The van der Waals surface area contributed by atoms with Crippen molar-refractivity contribution in [1.82, 2.24) is 0 Å². The van der Waals surface area contributed by atoms with Crippen molar-refractivity contribution in [3.8, 4) is 0 Å². The number of aryl methyl sites for hydroxylation is 1. The van der Waals surface area contributed by atoms with Crippen molar-refractivity contribution in [2.24, 2.45) is 5.92 Å². The van der Waals surface area contributed by atoms with Crippen molar-refractivity contribution in [3.63, 3.8) is 0 Å². The van der Waals surface area contributed by atoms with E-state index in [-0.39, 0.29) is 17.3 Å². The first-order valence-corrected chi connectivity index (χ1v) is 11.8. The monoisotopic (exact) mass is 442 g/mol. The van der Waals surface area contributed by atoms with Crippen molar-refractivity contribution < 1.29 is 27.4 Å². The van der Waals surface area contributed by atoms with Gasteiger partial charge in [0.25, 0.3) is 0 Å². The Morgan fingerprint density at radius 1 is 1.03 bits per heavy atom. The van der Waals surface area contributed by atoms with Crippen LogP contribution in [0.5, 0.6) is 0 Å². The number of rotatable bonds is 7. The van der Waals surface area contributed by atoms with Gasteiger partial charge in [0.1, 0.15) is 17.1 Å². The van der Waals surface area contributed by atoms with Crippen LogP contribution < -0.4 is 0 Å². The summed E-state index contributed by atoms with van der Waals surface area (Å²) in [5.74, 6) is -0.465. The Bertz CT molecular complexity index is 1090. The van der Waals surface area contributed by atoms with E-state index in [4.69, 9.17) is 14.2 Å². The van der Waals surface area contributed by atoms with Gasteiger partial charge in [0.2, 0.25) is 6.29 Å². The summed E-state index contributed by atoms with van der Waals surface area (Å²) in [5.41, 5.74) is 2.33. The number of carbonyl (C=O) groups is 1. The number of ketones is 1. The highest BCUT2D eigenvalue weighted by atomic mass is 32.2. The molecular formula is C24H26O6S. The first kappa shape index (κ1) is 21.7. The molecule has 0 spiro atoms. The third-order valence-electron chi connectivity index (χ3n) is 5.81. The predicted octanol–water partition coefficient (Wildman–Crippen LogP) is 3.59. The number of hydrogen-bond donors (Lipinski definition) is 0. The molecule has 1 saturated heterocycles. The molecule has 6 nitrogen and oxygen atoms in total. The molecule has 2 heterocycles. The summed E-state index contributed by atoms with van der Waals surface area (Å²) >= 11 is 0. The van der Waals surface area contributed by atoms with Crippen molar-refractivity contribution in [3.05, 3.63) is 77.1 Å². The average molecular weight is 443 g/mol. The Morgan fingerprint density at radius 2 is 1.71 bits per heavy atom. The Morgan fingerprint density at radius 3 is 2.35 bits per heavy atom. The average Bonchev–Trinajstić information content (AvgIpc) is 3.22. The van der Waals surface area contributed by atoms with E-state index in [0.717, 1.165) is 11.1 Å². The molecule has 2 aromatic rings. The molecule has 0 aromatic heterocycles. The lowest BCUT2D eigenvalue weighted by molar-refractivity contribution is -0.122. The molecule has 7 heteroatoms. The SMILES string of the molecule is CC(=O)C1=C(C)O[C@H]2O[C@H](COCc3ccccc3)[C@H](S(=O)(=O)c3ccc(C)cc3)[C@@H]12. The van der Waals surface area contributed by atoms with E-state index in [1.807, 2.05) is 37.3 Å². The molecule has 2 aliphatic rings. The lowest BCUT2D eigenvalue weighted by atomic mass is 9.92. The Kier molecular flexibility index (Phi) is 6.01. The van der Waals surface area contributed by atoms with Gasteiger partial charge in [-0.2, -0.15) is 0 Å². The largest absolute Gasteiger partial charge is 0.468 e. The van der Waals surface area contributed by atoms with Gasteiger partial charge in [-0.05, 0) is 38.5 Å². The van der Waals surface area contributed by atoms with Crippen molar-refractivity contribution in [1.29, 1.82) is 0 Å². The van der Waals surface area contributed by atoms with Crippen LogP contribution in [0.2, 0.25) is 0 Å². The maximum absolute atomic E-state index is 13.7. The second-order valence-corrected chi connectivity index (χ2v) is 10.1. The maximum Gasteiger partial charge on any atom is 0.208 e. The highest BCUT2D eigenvalue weighted by molar-refractivity contribution is 7.92. The fourth-order valence-corrected chi connectivity index (χ4v) is 6.38. The van der Waals surface area contributed by atoms with Crippen LogP contribution >= 0.6 is 0 Å². The minimum atomic E-state index is -3.82. The lowest BCUT2D eigenvalue weighted by Crippen LogP contribution is -2.39. The van der Waals surface area contributed by atoms with Gasteiger partial charge in [0.15, 0.2) is 15.6 Å². The second-order valence-electron chi connectivity index (χ2n) is 8.04. The zero-order chi connectivity index (χ0) is 22.2. The molecule has 4 atom stereocenters. The Labute approximate surface area is 182 Å². The summed E-state index contributed by atoms with van der Waals surface area (Å²) in [6.07, 6.45) is -1.57. The second kappa shape index (κ2) is 8.57. The smallest absolute Gasteiger partial charge is 0.208 e. The number of fused-ring (bicyclic) bond motifs is 1. The number of benzene rings is 2. The van der Waals surface area contributed by atoms with Crippen LogP contribution in [0.1, 0.15) is 25.0 Å². The normalized spacial score (nSPS) is 25.4. The first-order valence-electron chi connectivity index (χ1n) is 10.2. The molecule has 2 aliphatic heterocycles. The highest BCUT2D eigenvalue weighted by Gasteiger charge is 2.58. The highest BCUT2D eigenvalue weighted by Crippen LogP contribution is 2.46. The van der Waals surface area contributed by atoms with Crippen LogP contribution in [-0.2, 0) is 35.4 Å². The molecule has 0 unspecified atom stereocenters. The van der Waals surface area contributed by atoms with E-state index in [1.54, 1.807) is 31.2 Å². The van der Waals surface area contributed by atoms with Crippen LogP contribution in [0.4, 0.5) is 0 Å². The summed E-state index contributed by atoms with van der Waals surface area (Å²) < 4.78 is 44.9. The van der Waals surface area contributed by atoms with Crippen molar-refractivity contribution in [2.45, 2.75) is 49.9 Å². The predicted molar refractivity (Wildman–Crippen MR) is 115 cm³/mol. The molecule has 1 fully saturated rings. The van der Waals surface area contributed by atoms with Crippen LogP contribution in [0.25, 0.3) is 0 Å². The lowest BCUT2D eigenvalue weighted by Gasteiger charge is -2.23. The molecule has 0 radical (unpaired) electrons. The Hall–Kier alpha value is -2.48. The van der Waals surface area contributed by atoms with E-state index in [1.165, 1.54) is 6.92 Å². The summed E-state index contributed by atoms with van der Waals surface area (Å²) in [4.78, 5) is 12.5. The number of sulfone groups is 1. The van der Waals surface area contributed by atoms with Crippen LogP contribution in [0, 0.1) is 12.8 Å². The van der Waals surface area contributed by atoms with Crippen LogP contribution in [0.3, 0.4) is 0 Å². The van der Waals surface area contributed by atoms with E-state index >= 15 is 0 Å². The van der Waals surface area contributed by atoms with Crippen molar-refractivity contribution >= 4 is 15.6 Å². The van der Waals surface area contributed by atoms with Gasteiger partial charge in [0.05, 0.1) is 24.0 Å². The molecule has 164 valence electrons. The maximum atomic E-state index is 13.7. The number of carbonyl (C=O) groups excluding carboxylic acids is 1. The van der Waals surface area contributed by atoms with Gasteiger partial charge >= 0.3 is 0 Å². The van der Waals surface area contributed by atoms with Gasteiger partial charge in [0, 0.05) is 5.57 Å².